The molecule has 0 spiro atoms. The Balaban J connectivity index is 1.46. The average Bonchev–Trinajstić information content (AvgIpc) is 3.33. The Labute approximate surface area is 188 Å². The van der Waals surface area contributed by atoms with Crippen molar-refractivity contribution < 1.29 is 18.4 Å². The second kappa shape index (κ2) is 9.40. The van der Waals surface area contributed by atoms with Crippen LogP contribution >= 0.6 is 11.3 Å². The van der Waals surface area contributed by atoms with Gasteiger partial charge in [0.25, 0.3) is 5.91 Å². The van der Waals surface area contributed by atoms with Crippen molar-refractivity contribution in [2.45, 2.75) is 26.4 Å². The fourth-order valence-electron chi connectivity index (χ4n) is 3.72. The number of aromatic nitrogens is 1. The minimum atomic E-state index is -0.590. The van der Waals surface area contributed by atoms with Gasteiger partial charge >= 0.3 is 0 Å². The van der Waals surface area contributed by atoms with E-state index in [9.17, 15) is 18.4 Å². The molecule has 1 aliphatic rings. The summed E-state index contributed by atoms with van der Waals surface area (Å²) in [4.78, 5) is 31.0. The van der Waals surface area contributed by atoms with Crippen LogP contribution in [0.5, 0.6) is 0 Å². The molecule has 0 atom stereocenters. The van der Waals surface area contributed by atoms with E-state index in [0.717, 1.165) is 40.6 Å². The predicted molar refractivity (Wildman–Crippen MR) is 119 cm³/mol. The molecule has 1 aromatic carbocycles. The van der Waals surface area contributed by atoms with Crippen molar-refractivity contribution in [3.05, 3.63) is 92.4 Å². The van der Waals surface area contributed by atoms with E-state index in [4.69, 9.17) is 0 Å². The molecule has 0 unspecified atom stereocenters. The van der Waals surface area contributed by atoms with Crippen molar-refractivity contribution >= 4 is 29.2 Å². The first kappa shape index (κ1) is 21.8. The van der Waals surface area contributed by atoms with Crippen LogP contribution in [0.4, 0.5) is 8.78 Å². The van der Waals surface area contributed by atoms with Crippen LogP contribution < -0.4 is 5.32 Å². The van der Waals surface area contributed by atoms with Gasteiger partial charge in [-0.05, 0) is 65.8 Å². The molecule has 0 radical (unpaired) electrons. The summed E-state index contributed by atoms with van der Waals surface area (Å²) in [5, 5.41) is 6.60. The summed E-state index contributed by atoms with van der Waals surface area (Å²) >= 11 is 1.47. The number of nitrogens with one attached hydrogen (secondary N) is 1. The van der Waals surface area contributed by atoms with Crippen molar-refractivity contribution in [1.29, 1.82) is 0 Å². The van der Waals surface area contributed by atoms with Crippen LogP contribution in [0.1, 0.15) is 38.3 Å². The van der Waals surface area contributed by atoms with Gasteiger partial charge < -0.3 is 10.2 Å². The molecule has 2 aromatic heterocycles. The standard InChI is InChI=1S/C24H21F2N3O2S/c1-15-21(12-28-24(31)17-7-9-32-14-17)20-6-8-29(13-18(20)11-27-15)23(30)5-2-16-10-19(25)3-4-22(16)26/h2-5,7,9-11,14H,6,8,12-13H2,1H3,(H,28,31)/b5-2+. The number of pyridine rings is 1. The predicted octanol–water partition coefficient (Wildman–Crippen LogP) is 4.26. The number of amides is 2. The van der Waals surface area contributed by atoms with Crippen molar-refractivity contribution in [1.82, 2.24) is 15.2 Å². The molecule has 0 saturated carbocycles. The lowest BCUT2D eigenvalue weighted by molar-refractivity contribution is -0.126. The number of thiophene rings is 1. The van der Waals surface area contributed by atoms with Crippen LogP contribution in [0.3, 0.4) is 0 Å². The number of aryl methyl sites for hydroxylation is 1. The highest BCUT2D eigenvalue weighted by atomic mass is 32.1. The summed E-state index contributed by atoms with van der Waals surface area (Å²) in [5.74, 6) is -1.57. The lowest BCUT2D eigenvalue weighted by Gasteiger charge is -2.30. The average molecular weight is 454 g/mol. The van der Waals surface area contributed by atoms with E-state index in [1.165, 1.54) is 23.5 Å². The van der Waals surface area contributed by atoms with Gasteiger partial charge in [-0.15, -0.1) is 0 Å². The highest BCUT2D eigenvalue weighted by Gasteiger charge is 2.23. The Morgan fingerprint density at radius 3 is 2.91 bits per heavy atom. The maximum atomic E-state index is 13.8. The van der Waals surface area contributed by atoms with Crippen molar-refractivity contribution in [2.75, 3.05) is 6.54 Å². The van der Waals surface area contributed by atoms with Crippen LogP contribution in [0, 0.1) is 18.6 Å². The fraction of sp³-hybridized carbons (Fsp3) is 0.208. The Morgan fingerprint density at radius 1 is 1.28 bits per heavy atom. The number of nitrogens with zero attached hydrogens (tertiary/aromatic N) is 2. The molecule has 3 heterocycles. The van der Waals surface area contributed by atoms with Crippen molar-refractivity contribution in [3.8, 4) is 0 Å². The zero-order valence-corrected chi connectivity index (χ0v) is 18.2. The maximum Gasteiger partial charge on any atom is 0.252 e. The first-order valence-electron chi connectivity index (χ1n) is 10.1. The second-order valence-electron chi connectivity index (χ2n) is 7.53. The number of halogens is 2. The molecule has 164 valence electrons. The number of hydrogen-bond donors (Lipinski definition) is 1. The maximum absolute atomic E-state index is 13.8. The third kappa shape index (κ3) is 4.75. The molecule has 8 heteroatoms. The first-order chi connectivity index (χ1) is 15.4. The molecular formula is C24H21F2N3O2S. The Bertz CT molecular complexity index is 1190. The third-order valence-electron chi connectivity index (χ3n) is 5.48. The molecule has 32 heavy (non-hydrogen) atoms. The molecule has 0 saturated heterocycles. The quantitative estimate of drug-likeness (QED) is 0.588. The number of carbonyl (C=O) groups excluding carboxylic acids is 2. The molecule has 0 aliphatic carbocycles. The summed E-state index contributed by atoms with van der Waals surface area (Å²) in [6, 6.07) is 4.89. The van der Waals surface area contributed by atoms with Crippen LogP contribution in [-0.4, -0.2) is 28.2 Å². The van der Waals surface area contributed by atoms with Gasteiger partial charge in [0.15, 0.2) is 0 Å². The lowest BCUT2D eigenvalue weighted by Crippen LogP contribution is -2.36. The molecule has 1 aliphatic heterocycles. The monoisotopic (exact) mass is 453 g/mol. The lowest BCUT2D eigenvalue weighted by atomic mass is 9.94. The van der Waals surface area contributed by atoms with E-state index in [2.05, 4.69) is 10.3 Å². The first-order valence-corrected chi connectivity index (χ1v) is 11.1. The van der Waals surface area contributed by atoms with E-state index in [-0.39, 0.29) is 17.4 Å². The van der Waals surface area contributed by atoms with Gasteiger partial charge in [-0.25, -0.2) is 8.78 Å². The molecule has 3 aromatic rings. The van der Waals surface area contributed by atoms with Gasteiger partial charge in [-0.1, -0.05) is 0 Å². The number of rotatable bonds is 5. The summed E-state index contributed by atoms with van der Waals surface area (Å²) in [7, 11) is 0. The summed E-state index contributed by atoms with van der Waals surface area (Å²) in [5.41, 5.74) is 4.47. The normalized spacial score (nSPS) is 13.3. The topological polar surface area (TPSA) is 62.3 Å². The molecule has 2 amide bonds. The highest BCUT2D eigenvalue weighted by molar-refractivity contribution is 7.08. The van der Waals surface area contributed by atoms with E-state index in [0.29, 0.717) is 31.6 Å². The van der Waals surface area contributed by atoms with E-state index in [1.54, 1.807) is 22.5 Å². The van der Waals surface area contributed by atoms with Crippen LogP contribution in [-0.2, 0) is 24.3 Å². The van der Waals surface area contributed by atoms with E-state index in [1.807, 2.05) is 12.3 Å². The number of hydrogen-bond acceptors (Lipinski definition) is 4. The van der Waals surface area contributed by atoms with Crippen LogP contribution in [0.15, 0.2) is 47.3 Å². The molecule has 5 nitrogen and oxygen atoms in total. The van der Waals surface area contributed by atoms with Crippen LogP contribution in [0.2, 0.25) is 0 Å². The SMILES string of the molecule is Cc1ncc2c(c1CNC(=O)c1ccsc1)CCN(C(=O)/C=C/c1cc(F)ccc1F)C2. The summed E-state index contributed by atoms with van der Waals surface area (Å²) < 4.78 is 27.1. The van der Waals surface area contributed by atoms with E-state index >= 15 is 0 Å². The fourth-order valence-corrected chi connectivity index (χ4v) is 4.35. The Kier molecular flexibility index (Phi) is 6.41. The van der Waals surface area contributed by atoms with E-state index < -0.39 is 11.6 Å². The zero-order valence-electron chi connectivity index (χ0n) is 17.4. The molecule has 0 bridgehead atoms. The van der Waals surface area contributed by atoms with Gasteiger partial charge in [0.1, 0.15) is 11.6 Å². The summed E-state index contributed by atoms with van der Waals surface area (Å²) in [6.45, 7) is 3.11. The third-order valence-corrected chi connectivity index (χ3v) is 6.16. The van der Waals surface area contributed by atoms with Gasteiger partial charge in [-0.3, -0.25) is 14.6 Å². The molecule has 1 N–H and O–H groups in total. The van der Waals surface area contributed by atoms with Gasteiger partial charge in [0.05, 0.1) is 0 Å². The summed E-state index contributed by atoms with van der Waals surface area (Å²) in [6.07, 6.45) is 4.92. The van der Waals surface area contributed by atoms with Gasteiger partial charge in [0, 0.05) is 54.1 Å². The smallest absolute Gasteiger partial charge is 0.252 e. The highest BCUT2D eigenvalue weighted by Crippen LogP contribution is 2.24. The number of fused-ring (bicyclic) bond motifs is 1. The van der Waals surface area contributed by atoms with Crippen molar-refractivity contribution in [2.24, 2.45) is 0 Å². The zero-order chi connectivity index (χ0) is 22.7. The van der Waals surface area contributed by atoms with Gasteiger partial charge in [-0.2, -0.15) is 11.3 Å². The Hall–Kier alpha value is -3.39. The van der Waals surface area contributed by atoms with Crippen molar-refractivity contribution in [3.63, 3.8) is 0 Å². The minimum absolute atomic E-state index is 0.0247. The minimum Gasteiger partial charge on any atom is -0.348 e. The molecule has 4 rings (SSSR count). The largest absolute Gasteiger partial charge is 0.348 e. The second-order valence-corrected chi connectivity index (χ2v) is 8.31. The molecule has 0 fully saturated rings. The Morgan fingerprint density at radius 2 is 2.12 bits per heavy atom. The number of benzene rings is 1. The number of carbonyl (C=O) groups is 2. The van der Waals surface area contributed by atoms with Gasteiger partial charge in [0.2, 0.25) is 5.91 Å². The van der Waals surface area contributed by atoms with Crippen LogP contribution in [0.25, 0.3) is 6.08 Å². The molecular weight excluding hydrogens is 432 g/mol.